The Labute approximate surface area is 81.5 Å². The van der Waals surface area contributed by atoms with Crippen LogP contribution in [0.15, 0.2) is 6.33 Å². The average molecular weight is 201 g/mol. The summed E-state index contributed by atoms with van der Waals surface area (Å²) in [5.41, 5.74) is 10.2. The minimum Gasteiger partial charge on any atom is -0.480 e. The van der Waals surface area contributed by atoms with Crippen molar-refractivity contribution in [3.8, 4) is 0 Å². The highest BCUT2D eigenvalue weighted by Gasteiger charge is 2.14. The lowest BCUT2D eigenvalue weighted by molar-refractivity contribution is -0.139. The zero-order chi connectivity index (χ0) is 11.1. The highest BCUT2D eigenvalue weighted by molar-refractivity contribution is 5.73. The summed E-state index contributed by atoms with van der Waals surface area (Å²) in [5, 5.41) is 14.1. The molecule has 1 atom stereocenters. The third-order valence-electron chi connectivity index (χ3n) is 1.44. The number of carbonyl (C=O) groups is 1. The molecular formula is C7H15N5O2. The predicted molar refractivity (Wildman–Crippen MR) is 51.2 cm³/mol. The largest absolute Gasteiger partial charge is 0.480 e. The second kappa shape index (κ2) is 5.92. The van der Waals surface area contributed by atoms with Crippen molar-refractivity contribution in [2.24, 2.45) is 11.7 Å². The van der Waals surface area contributed by atoms with E-state index < -0.39 is 12.0 Å². The van der Waals surface area contributed by atoms with Gasteiger partial charge in [-0.3, -0.25) is 4.79 Å². The second-order valence-electron chi connectivity index (χ2n) is 2.98. The topological polar surface area (TPSA) is 131 Å². The third-order valence-corrected chi connectivity index (χ3v) is 1.44. The van der Waals surface area contributed by atoms with Gasteiger partial charge in [0, 0.05) is 0 Å². The lowest BCUT2D eigenvalue weighted by Crippen LogP contribution is -2.34. The number of aliphatic carboxylic acids is 1. The molecular weight excluding hydrogens is 186 g/mol. The van der Waals surface area contributed by atoms with Crippen molar-refractivity contribution in [1.29, 1.82) is 0 Å². The molecule has 0 aliphatic heterocycles. The predicted octanol–water partition coefficient (Wildman–Crippen LogP) is -0.559. The number of hydrogen-bond acceptors (Lipinski definition) is 5. The first kappa shape index (κ1) is 12.4. The second-order valence-corrected chi connectivity index (χ2v) is 2.98. The molecule has 0 aliphatic carbocycles. The van der Waals surface area contributed by atoms with Gasteiger partial charge in [-0.25, -0.2) is 10.1 Å². The Balaban J connectivity index is 0.000000249. The monoisotopic (exact) mass is 201 g/mol. The van der Waals surface area contributed by atoms with Crippen LogP contribution in [0.1, 0.15) is 13.8 Å². The number of aromatic amines is 1. The zero-order valence-electron chi connectivity index (χ0n) is 8.14. The smallest absolute Gasteiger partial charge is 0.320 e. The van der Waals surface area contributed by atoms with Gasteiger partial charge in [-0.1, -0.05) is 13.8 Å². The minimum atomic E-state index is -0.931. The van der Waals surface area contributed by atoms with Gasteiger partial charge in [-0.05, 0) is 5.92 Å². The Kier molecular flexibility index (Phi) is 5.23. The van der Waals surface area contributed by atoms with Gasteiger partial charge >= 0.3 is 5.97 Å². The van der Waals surface area contributed by atoms with Gasteiger partial charge in [0.2, 0.25) is 5.95 Å². The number of rotatable bonds is 2. The normalized spacial score (nSPS) is 11.7. The molecule has 1 aromatic rings. The Hall–Kier alpha value is -1.63. The van der Waals surface area contributed by atoms with Crippen molar-refractivity contribution in [3.05, 3.63) is 6.33 Å². The summed E-state index contributed by atoms with van der Waals surface area (Å²) in [7, 11) is 0. The Bertz CT molecular complexity index is 259. The third kappa shape index (κ3) is 5.09. The summed E-state index contributed by atoms with van der Waals surface area (Å²) in [5.74, 6) is -0.553. The maximum absolute atomic E-state index is 10.0. The van der Waals surface area contributed by atoms with Crippen molar-refractivity contribution in [1.82, 2.24) is 15.2 Å². The van der Waals surface area contributed by atoms with Crippen LogP contribution in [0.3, 0.4) is 0 Å². The van der Waals surface area contributed by atoms with E-state index in [0.717, 1.165) is 0 Å². The summed E-state index contributed by atoms with van der Waals surface area (Å²) < 4.78 is 0. The molecule has 0 saturated heterocycles. The Morgan fingerprint density at radius 1 is 1.64 bits per heavy atom. The molecule has 0 unspecified atom stereocenters. The van der Waals surface area contributed by atoms with E-state index in [9.17, 15) is 4.79 Å². The summed E-state index contributed by atoms with van der Waals surface area (Å²) >= 11 is 0. The van der Waals surface area contributed by atoms with Crippen LogP contribution in [0.25, 0.3) is 0 Å². The molecule has 7 nitrogen and oxygen atoms in total. The molecule has 1 rings (SSSR count). The molecule has 80 valence electrons. The average Bonchev–Trinajstić information content (AvgIpc) is 2.55. The lowest BCUT2D eigenvalue weighted by Gasteiger charge is -2.07. The zero-order valence-corrected chi connectivity index (χ0v) is 8.14. The first-order chi connectivity index (χ1) is 6.45. The number of aromatic nitrogens is 3. The number of carboxylic acids is 1. The van der Waals surface area contributed by atoms with Crippen LogP contribution in [0.4, 0.5) is 5.95 Å². The number of H-pyrrole nitrogens is 1. The van der Waals surface area contributed by atoms with Crippen molar-refractivity contribution in [2.45, 2.75) is 19.9 Å². The standard InChI is InChI=1S/C5H11NO2.C2H4N4/c1-3(2)4(6)5(7)8;3-2-4-1-5-6-2/h3-4H,6H2,1-2H3,(H,7,8);1H,(H3,3,4,5,6)/t4-;/m0./s1. The van der Waals surface area contributed by atoms with Gasteiger partial charge in [0.05, 0.1) is 0 Å². The number of nitrogens with two attached hydrogens (primary N) is 2. The first-order valence-corrected chi connectivity index (χ1v) is 4.04. The van der Waals surface area contributed by atoms with Crippen LogP contribution in [-0.2, 0) is 4.79 Å². The van der Waals surface area contributed by atoms with E-state index in [1.165, 1.54) is 6.33 Å². The quantitative estimate of drug-likeness (QED) is 0.507. The molecule has 6 N–H and O–H groups in total. The van der Waals surface area contributed by atoms with E-state index in [2.05, 4.69) is 15.2 Å². The Morgan fingerprint density at radius 3 is 2.29 bits per heavy atom. The molecule has 7 heteroatoms. The van der Waals surface area contributed by atoms with Crippen molar-refractivity contribution < 1.29 is 9.90 Å². The van der Waals surface area contributed by atoms with Gasteiger partial charge in [-0.2, -0.15) is 5.10 Å². The number of carboxylic acid groups (broad SMARTS) is 1. The van der Waals surface area contributed by atoms with Gasteiger partial charge in [0.1, 0.15) is 12.4 Å². The van der Waals surface area contributed by atoms with Crippen LogP contribution in [0.2, 0.25) is 0 Å². The molecule has 0 aliphatic rings. The van der Waals surface area contributed by atoms with Crippen LogP contribution >= 0.6 is 0 Å². The van der Waals surface area contributed by atoms with Gasteiger partial charge in [0.25, 0.3) is 0 Å². The van der Waals surface area contributed by atoms with Gasteiger partial charge in [0.15, 0.2) is 0 Å². The van der Waals surface area contributed by atoms with Crippen LogP contribution in [-0.4, -0.2) is 32.3 Å². The number of nitrogens with one attached hydrogen (secondary N) is 1. The molecule has 1 aromatic heterocycles. The van der Waals surface area contributed by atoms with Crippen molar-refractivity contribution >= 4 is 11.9 Å². The van der Waals surface area contributed by atoms with E-state index in [0.29, 0.717) is 5.95 Å². The number of hydrogen-bond donors (Lipinski definition) is 4. The molecule has 0 radical (unpaired) electrons. The first-order valence-electron chi connectivity index (χ1n) is 4.04. The maximum Gasteiger partial charge on any atom is 0.320 e. The van der Waals surface area contributed by atoms with E-state index >= 15 is 0 Å². The van der Waals surface area contributed by atoms with E-state index in [4.69, 9.17) is 16.6 Å². The highest BCUT2D eigenvalue weighted by atomic mass is 16.4. The molecule has 14 heavy (non-hydrogen) atoms. The van der Waals surface area contributed by atoms with Crippen molar-refractivity contribution in [2.75, 3.05) is 5.73 Å². The van der Waals surface area contributed by atoms with Gasteiger partial charge in [-0.15, -0.1) is 0 Å². The molecule has 1 heterocycles. The SMILES string of the molecule is CC(C)[C@H](N)C(=O)O.Nc1ncn[nH]1. The van der Waals surface area contributed by atoms with Gasteiger partial charge < -0.3 is 16.6 Å². The molecule has 0 bridgehead atoms. The number of anilines is 1. The number of nitrogen functional groups attached to an aromatic ring is 1. The maximum atomic E-state index is 10.0. The van der Waals surface area contributed by atoms with Crippen LogP contribution < -0.4 is 11.5 Å². The van der Waals surface area contributed by atoms with Crippen LogP contribution in [0.5, 0.6) is 0 Å². The van der Waals surface area contributed by atoms with E-state index in [-0.39, 0.29) is 5.92 Å². The van der Waals surface area contributed by atoms with Crippen LogP contribution in [0, 0.1) is 5.92 Å². The molecule has 0 aromatic carbocycles. The summed E-state index contributed by atoms with van der Waals surface area (Å²) in [6.45, 7) is 3.55. The number of nitrogens with zero attached hydrogens (tertiary/aromatic N) is 2. The summed E-state index contributed by atoms with van der Waals surface area (Å²) in [6, 6.07) is -0.713. The summed E-state index contributed by atoms with van der Waals surface area (Å²) in [6.07, 6.45) is 1.36. The minimum absolute atomic E-state index is 0.0208. The highest BCUT2D eigenvalue weighted by Crippen LogP contribution is 1.96. The summed E-state index contributed by atoms with van der Waals surface area (Å²) in [4.78, 5) is 13.5. The fraction of sp³-hybridized carbons (Fsp3) is 0.571. The molecule has 0 amide bonds. The molecule has 0 spiro atoms. The fourth-order valence-corrected chi connectivity index (χ4v) is 0.500. The molecule has 0 saturated carbocycles. The van der Waals surface area contributed by atoms with E-state index in [1.54, 1.807) is 13.8 Å². The van der Waals surface area contributed by atoms with Crippen molar-refractivity contribution in [3.63, 3.8) is 0 Å². The molecule has 0 fully saturated rings. The Morgan fingerprint density at radius 2 is 2.21 bits per heavy atom. The fourth-order valence-electron chi connectivity index (χ4n) is 0.500. The lowest BCUT2D eigenvalue weighted by atomic mass is 10.1. The van der Waals surface area contributed by atoms with E-state index in [1.807, 2.05) is 0 Å².